The first-order chi connectivity index (χ1) is 14.2. The number of imide groups is 1. The lowest BCUT2D eigenvalue weighted by Gasteiger charge is -2.15. The number of fused-ring (bicyclic) bond motifs is 1. The first kappa shape index (κ1) is 19.1. The largest absolute Gasteiger partial charge is 0.369 e. The highest BCUT2D eigenvalue weighted by molar-refractivity contribution is 6.01. The number of anilines is 1. The van der Waals surface area contributed by atoms with Crippen LogP contribution in [-0.2, 0) is 16.1 Å². The third-order valence-corrected chi connectivity index (χ3v) is 5.21. The fourth-order valence-electron chi connectivity index (χ4n) is 3.59. The Morgan fingerprint density at radius 3 is 2.59 bits per heavy atom. The molecule has 3 aromatic rings. The summed E-state index contributed by atoms with van der Waals surface area (Å²) in [5, 5.41) is 4.39. The van der Waals surface area contributed by atoms with Gasteiger partial charge in [0.05, 0.1) is 12.1 Å². The smallest absolute Gasteiger partial charge is 0.229 e. The molecular formula is C23H24N4O2. The van der Waals surface area contributed by atoms with Crippen LogP contribution in [0.4, 0.5) is 5.82 Å². The molecule has 0 spiro atoms. The summed E-state index contributed by atoms with van der Waals surface area (Å²) in [5.74, 6) is 0.659. The van der Waals surface area contributed by atoms with Crippen LogP contribution in [0.2, 0.25) is 0 Å². The van der Waals surface area contributed by atoms with Crippen LogP contribution in [0.5, 0.6) is 0 Å². The van der Waals surface area contributed by atoms with Crippen LogP contribution in [0.1, 0.15) is 38.2 Å². The quantitative estimate of drug-likeness (QED) is 0.486. The molecule has 1 fully saturated rings. The Hall–Kier alpha value is -3.28. The molecule has 0 bridgehead atoms. The number of hydrogen-bond acceptors (Lipinski definition) is 5. The van der Waals surface area contributed by atoms with Gasteiger partial charge in [-0.2, -0.15) is 0 Å². The predicted molar refractivity (Wildman–Crippen MR) is 113 cm³/mol. The molecule has 1 aliphatic heterocycles. The van der Waals surface area contributed by atoms with Gasteiger partial charge < -0.3 is 5.32 Å². The third-order valence-electron chi connectivity index (χ3n) is 5.21. The van der Waals surface area contributed by atoms with E-state index in [4.69, 9.17) is 0 Å². The van der Waals surface area contributed by atoms with E-state index in [1.54, 1.807) is 6.33 Å². The Morgan fingerprint density at radius 2 is 1.79 bits per heavy atom. The maximum Gasteiger partial charge on any atom is 0.229 e. The number of amides is 2. The second-order valence-corrected chi connectivity index (χ2v) is 7.31. The molecule has 6 heteroatoms. The molecule has 4 rings (SSSR count). The van der Waals surface area contributed by atoms with Crippen LogP contribution in [0, 0.1) is 0 Å². The average molecular weight is 388 g/mol. The van der Waals surface area contributed by atoms with Gasteiger partial charge in [-0.25, -0.2) is 9.97 Å². The molecule has 1 saturated heterocycles. The highest BCUT2D eigenvalue weighted by Gasteiger charge is 2.28. The second-order valence-electron chi connectivity index (χ2n) is 7.31. The van der Waals surface area contributed by atoms with Crippen molar-refractivity contribution in [1.29, 1.82) is 0 Å². The lowest BCUT2D eigenvalue weighted by atomic mass is 10.0. The van der Waals surface area contributed by atoms with Crippen LogP contribution in [0.15, 0.2) is 48.8 Å². The molecule has 29 heavy (non-hydrogen) atoms. The average Bonchev–Trinajstić information content (AvgIpc) is 3.06. The maximum absolute atomic E-state index is 11.9. The van der Waals surface area contributed by atoms with Gasteiger partial charge in [0.15, 0.2) is 0 Å². The summed E-state index contributed by atoms with van der Waals surface area (Å²) >= 11 is 0. The Morgan fingerprint density at radius 1 is 1.00 bits per heavy atom. The molecule has 0 saturated carbocycles. The van der Waals surface area contributed by atoms with Gasteiger partial charge >= 0.3 is 0 Å². The molecule has 1 aromatic heterocycles. The SMILES string of the molecule is CCCCNc1ncnc2ccc(-c3cccc(CN4C(=O)CCC4=O)c3)cc12. The number of nitrogens with zero attached hydrogens (tertiary/aromatic N) is 3. The van der Waals surface area contributed by atoms with Crippen molar-refractivity contribution in [2.75, 3.05) is 11.9 Å². The van der Waals surface area contributed by atoms with Crippen LogP contribution >= 0.6 is 0 Å². The van der Waals surface area contributed by atoms with E-state index in [1.807, 2.05) is 36.4 Å². The summed E-state index contributed by atoms with van der Waals surface area (Å²) in [4.78, 5) is 34.0. The summed E-state index contributed by atoms with van der Waals surface area (Å²) in [6.45, 7) is 3.36. The molecule has 0 unspecified atom stereocenters. The molecule has 2 aromatic carbocycles. The van der Waals surface area contributed by atoms with Gasteiger partial charge in [-0.05, 0) is 41.3 Å². The summed E-state index contributed by atoms with van der Waals surface area (Å²) in [6.07, 6.45) is 4.42. The molecule has 1 N–H and O–H groups in total. The van der Waals surface area contributed by atoms with Crippen molar-refractivity contribution in [2.45, 2.75) is 39.2 Å². The molecule has 2 amide bonds. The fraction of sp³-hybridized carbons (Fsp3) is 0.304. The van der Waals surface area contributed by atoms with E-state index in [2.05, 4.69) is 28.3 Å². The van der Waals surface area contributed by atoms with Gasteiger partial charge in [0.25, 0.3) is 0 Å². The van der Waals surface area contributed by atoms with Crippen molar-refractivity contribution >= 4 is 28.5 Å². The lowest BCUT2D eigenvalue weighted by molar-refractivity contribution is -0.139. The van der Waals surface area contributed by atoms with E-state index in [0.717, 1.165) is 52.8 Å². The highest BCUT2D eigenvalue weighted by atomic mass is 16.2. The van der Waals surface area contributed by atoms with Crippen molar-refractivity contribution in [3.63, 3.8) is 0 Å². The molecule has 0 aliphatic carbocycles. The number of likely N-dealkylation sites (tertiary alicyclic amines) is 1. The van der Waals surface area contributed by atoms with Crippen molar-refractivity contribution < 1.29 is 9.59 Å². The first-order valence-electron chi connectivity index (χ1n) is 10.1. The molecule has 2 heterocycles. The number of unbranched alkanes of at least 4 members (excludes halogenated alkanes) is 1. The molecule has 0 atom stereocenters. The van der Waals surface area contributed by atoms with E-state index in [9.17, 15) is 9.59 Å². The molecule has 6 nitrogen and oxygen atoms in total. The Labute approximate surface area is 170 Å². The minimum absolute atomic E-state index is 0.0916. The van der Waals surface area contributed by atoms with Crippen molar-refractivity contribution in [3.05, 3.63) is 54.4 Å². The number of rotatable bonds is 7. The number of nitrogens with one attached hydrogen (secondary N) is 1. The number of benzene rings is 2. The van der Waals surface area contributed by atoms with Gasteiger partial charge in [0.2, 0.25) is 11.8 Å². The second kappa shape index (κ2) is 8.39. The van der Waals surface area contributed by atoms with E-state index < -0.39 is 0 Å². The van der Waals surface area contributed by atoms with Gasteiger partial charge in [-0.15, -0.1) is 0 Å². The number of aromatic nitrogens is 2. The third kappa shape index (κ3) is 4.11. The highest BCUT2D eigenvalue weighted by Crippen LogP contribution is 2.28. The minimum Gasteiger partial charge on any atom is -0.369 e. The minimum atomic E-state index is -0.0916. The van der Waals surface area contributed by atoms with E-state index in [-0.39, 0.29) is 11.8 Å². The zero-order valence-corrected chi connectivity index (χ0v) is 16.5. The number of carbonyl (C=O) groups excluding carboxylic acids is 2. The normalized spacial score (nSPS) is 14.0. The summed E-state index contributed by atoms with van der Waals surface area (Å²) in [5.41, 5.74) is 3.92. The zero-order chi connectivity index (χ0) is 20.2. The van der Waals surface area contributed by atoms with Crippen LogP contribution in [-0.4, -0.2) is 33.2 Å². The van der Waals surface area contributed by atoms with Crippen LogP contribution < -0.4 is 5.32 Å². The molecular weight excluding hydrogens is 364 g/mol. The van der Waals surface area contributed by atoms with Gasteiger partial charge in [0, 0.05) is 24.8 Å². The number of hydrogen-bond donors (Lipinski definition) is 1. The van der Waals surface area contributed by atoms with E-state index in [0.29, 0.717) is 19.4 Å². The maximum atomic E-state index is 11.9. The Bertz CT molecular complexity index is 1050. The van der Waals surface area contributed by atoms with Crippen LogP contribution in [0.25, 0.3) is 22.0 Å². The topological polar surface area (TPSA) is 75.2 Å². The predicted octanol–water partition coefficient (Wildman–Crippen LogP) is 4.16. The van der Waals surface area contributed by atoms with Crippen LogP contribution in [0.3, 0.4) is 0 Å². The summed E-state index contributed by atoms with van der Waals surface area (Å²) in [6, 6.07) is 14.1. The fourth-order valence-corrected chi connectivity index (χ4v) is 3.59. The van der Waals surface area contributed by atoms with Gasteiger partial charge in [-0.1, -0.05) is 37.6 Å². The van der Waals surface area contributed by atoms with Gasteiger partial charge in [0.1, 0.15) is 12.1 Å². The standard InChI is InChI=1S/C23H24N4O2/c1-2-3-11-24-23-19-13-18(7-8-20(19)25-15-26-23)17-6-4-5-16(12-17)14-27-21(28)9-10-22(27)29/h4-8,12-13,15H,2-3,9-11,14H2,1H3,(H,24,25,26). The van der Waals surface area contributed by atoms with Gasteiger partial charge in [-0.3, -0.25) is 14.5 Å². The van der Waals surface area contributed by atoms with E-state index >= 15 is 0 Å². The monoisotopic (exact) mass is 388 g/mol. The zero-order valence-electron chi connectivity index (χ0n) is 16.5. The first-order valence-corrected chi connectivity index (χ1v) is 10.1. The van der Waals surface area contributed by atoms with Crippen molar-refractivity contribution in [3.8, 4) is 11.1 Å². The molecule has 0 radical (unpaired) electrons. The van der Waals surface area contributed by atoms with Crippen molar-refractivity contribution in [1.82, 2.24) is 14.9 Å². The Balaban J connectivity index is 1.63. The summed E-state index contributed by atoms with van der Waals surface area (Å²) in [7, 11) is 0. The molecule has 148 valence electrons. The molecule has 1 aliphatic rings. The number of carbonyl (C=O) groups is 2. The van der Waals surface area contributed by atoms with Crippen molar-refractivity contribution in [2.24, 2.45) is 0 Å². The Kier molecular flexibility index (Phi) is 5.51. The summed E-state index contributed by atoms with van der Waals surface area (Å²) < 4.78 is 0. The lowest BCUT2D eigenvalue weighted by Crippen LogP contribution is -2.28. The van der Waals surface area contributed by atoms with E-state index in [1.165, 1.54) is 4.90 Å².